The van der Waals surface area contributed by atoms with Crippen LogP contribution in [-0.4, -0.2) is 8.42 Å². The predicted molar refractivity (Wildman–Crippen MR) is 90.5 cm³/mol. The lowest BCUT2D eigenvalue weighted by atomic mass is 10.1. The number of alkyl halides is 1. The van der Waals surface area contributed by atoms with Crippen LogP contribution >= 0.6 is 15.9 Å². The third kappa shape index (κ3) is 3.66. The quantitative estimate of drug-likeness (QED) is 0.805. The molecule has 2 aromatic carbocycles. The van der Waals surface area contributed by atoms with E-state index in [0.717, 1.165) is 16.7 Å². The second kappa shape index (κ2) is 6.20. The van der Waals surface area contributed by atoms with E-state index in [2.05, 4.69) is 20.7 Å². The smallest absolute Gasteiger partial charge is 0.261 e. The molecule has 1 unspecified atom stereocenters. The second-order valence-corrected chi connectivity index (χ2v) is 8.11. The molecule has 1 N–H and O–H groups in total. The third-order valence-electron chi connectivity index (χ3n) is 3.42. The van der Waals surface area contributed by atoms with Gasteiger partial charge in [-0.25, -0.2) is 8.42 Å². The van der Waals surface area contributed by atoms with Gasteiger partial charge < -0.3 is 0 Å². The SMILES string of the molecule is Cc1ccc(S(=O)(=O)Nc2ccccc2C(C)Br)cc1C. The number of aryl methyl sites for hydroxylation is 2. The number of halogens is 1. The molecule has 1 atom stereocenters. The van der Waals surface area contributed by atoms with E-state index in [1.165, 1.54) is 0 Å². The molecule has 2 aromatic rings. The minimum Gasteiger partial charge on any atom is -0.279 e. The summed E-state index contributed by atoms with van der Waals surface area (Å²) in [6, 6.07) is 12.5. The Morgan fingerprint density at radius 3 is 2.33 bits per heavy atom. The van der Waals surface area contributed by atoms with E-state index in [0.29, 0.717) is 5.69 Å². The lowest BCUT2D eigenvalue weighted by Crippen LogP contribution is -2.14. The lowest BCUT2D eigenvalue weighted by molar-refractivity contribution is 0.601. The maximum atomic E-state index is 12.5. The summed E-state index contributed by atoms with van der Waals surface area (Å²) in [6.07, 6.45) is 0. The van der Waals surface area contributed by atoms with E-state index in [-0.39, 0.29) is 9.72 Å². The normalized spacial score (nSPS) is 13.0. The minimum absolute atomic E-state index is 0.0659. The largest absolute Gasteiger partial charge is 0.279 e. The number of hydrogen-bond donors (Lipinski definition) is 1. The summed E-state index contributed by atoms with van der Waals surface area (Å²) in [5.74, 6) is 0. The molecule has 5 heteroatoms. The Hall–Kier alpha value is -1.33. The zero-order valence-corrected chi connectivity index (χ0v) is 14.6. The number of anilines is 1. The van der Waals surface area contributed by atoms with E-state index >= 15 is 0 Å². The summed E-state index contributed by atoms with van der Waals surface area (Å²) < 4.78 is 27.7. The van der Waals surface area contributed by atoms with Gasteiger partial charge in [0.25, 0.3) is 10.0 Å². The lowest BCUT2D eigenvalue weighted by Gasteiger charge is -2.14. The molecule has 0 aliphatic carbocycles. The van der Waals surface area contributed by atoms with Crippen LogP contribution in [0, 0.1) is 13.8 Å². The number of para-hydroxylation sites is 1. The van der Waals surface area contributed by atoms with Crippen LogP contribution in [0.4, 0.5) is 5.69 Å². The highest BCUT2D eigenvalue weighted by Gasteiger charge is 2.17. The molecule has 0 aromatic heterocycles. The minimum atomic E-state index is -3.58. The van der Waals surface area contributed by atoms with Crippen molar-refractivity contribution in [3.05, 3.63) is 59.2 Å². The molecule has 0 bridgehead atoms. The van der Waals surface area contributed by atoms with Gasteiger partial charge in [0.05, 0.1) is 10.6 Å². The van der Waals surface area contributed by atoms with Gasteiger partial charge in [-0.3, -0.25) is 4.72 Å². The van der Waals surface area contributed by atoms with Crippen molar-refractivity contribution < 1.29 is 8.42 Å². The molecular formula is C16H18BrNO2S. The van der Waals surface area contributed by atoms with E-state index in [1.807, 2.05) is 45.0 Å². The molecular weight excluding hydrogens is 350 g/mol. The van der Waals surface area contributed by atoms with Gasteiger partial charge in [-0.2, -0.15) is 0 Å². The first-order chi connectivity index (χ1) is 9.81. The molecule has 2 rings (SSSR count). The third-order valence-corrected chi connectivity index (χ3v) is 5.28. The molecule has 21 heavy (non-hydrogen) atoms. The Kier molecular flexibility index (Phi) is 4.74. The Morgan fingerprint density at radius 2 is 1.71 bits per heavy atom. The molecule has 0 fully saturated rings. The van der Waals surface area contributed by atoms with Gasteiger partial charge in [-0.05, 0) is 55.7 Å². The van der Waals surface area contributed by atoms with Crippen molar-refractivity contribution in [1.29, 1.82) is 0 Å². The van der Waals surface area contributed by atoms with Crippen LogP contribution in [0.15, 0.2) is 47.4 Å². The molecule has 0 heterocycles. The van der Waals surface area contributed by atoms with E-state index in [1.54, 1.807) is 18.2 Å². The highest BCUT2D eigenvalue weighted by Crippen LogP contribution is 2.30. The maximum absolute atomic E-state index is 12.5. The zero-order chi connectivity index (χ0) is 15.6. The monoisotopic (exact) mass is 367 g/mol. The summed E-state index contributed by atoms with van der Waals surface area (Å²) in [5, 5.41) is 0. The van der Waals surface area contributed by atoms with Gasteiger partial charge in [0, 0.05) is 4.83 Å². The average Bonchev–Trinajstić information content (AvgIpc) is 2.41. The number of nitrogens with one attached hydrogen (secondary N) is 1. The Labute approximate surface area is 134 Å². The van der Waals surface area contributed by atoms with Crippen molar-refractivity contribution in [1.82, 2.24) is 0 Å². The summed E-state index contributed by atoms with van der Waals surface area (Å²) in [6.45, 7) is 5.83. The number of sulfonamides is 1. The van der Waals surface area contributed by atoms with Gasteiger partial charge in [0.2, 0.25) is 0 Å². The van der Waals surface area contributed by atoms with Crippen LogP contribution < -0.4 is 4.72 Å². The highest BCUT2D eigenvalue weighted by atomic mass is 79.9. The molecule has 0 saturated carbocycles. The maximum Gasteiger partial charge on any atom is 0.261 e. The van der Waals surface area contributed by atoms with Crippen molar-refractivity contribution in [3.8, 4) is 0 Å². The first-order valence-corrected chi connectivity index (χ1v) is 9.04. The zero-order valence-electron chi connectivity index (χ0n) is 12.2. The van der Waals surface area contributed by atoms with Crippen LogP contribution in [-0.2, 0) is 10.0 Å². The van der Waals surface area contributed by atoms with Crippen molar-refractivity contribution >= 4 is 31.6 Å². The first-order valence-electron chi connectivity index (χ1n) is 6.64. The Morgan fingerprint density at radius 1 is 1.05 bits per heavy atom. The van der Waals surface area contributed by atoms with Crippen LogP contribution in [0.1, 0.15) is 28.4 Å². The first kappa shape index (κ1) is 16.0. The molecule has 0 aliphatic rings. The van der Waals surface area contributed by atoms with E-state index in [4.69, 9.17) is 0 Å². The fraction of sp³-hybridized carbons (Fsp3) is 0.250. The van der Waals surface area contributed by atoms with Gasteiger partial charge in [-0.1, -0.05) is 40.2 Å². The second-order valence-electron chi connectivity index (χ2n) is 5.05. The van der Waals surface area contributed by atoms with Gasteiger partial charge in [0.15, 0.2) is 0 Å². The summed E-state index contributed by atoms with van der Waals surface area (Å²) in [4.78, 5) is 0.346. The van der Waals surface area contributed by atoms with Gasteiger partial charge >= 0.3 is 0 Å². The number of benzene rings is 2. The molecule has 0 radical (unpaired) electrons. The molecule has 112 valence electrons. The molecule has 0 aliphatic heterocycles. The van der Waals surface area contributed by atoms with Crippen molar-refractivity contribution in [3.63, 3.8) is 0 Å². The molecule has 0 amide bonds. The van der Waals surface area contributed by atoms with Crippen LogP contribution in [0.5, 0.6) is 0 Å². The standard InChI is InChI=1S/C16H18BrNO2S/c1-11-8-9-14(10-12(11)2)21(19,20)18-16-7-5-4-6-15(16)13(3)17/h4-10,13,18H,1-3H3. The summed E-state index contributed by atoms with van der Waals surface area (Å²) >= 11 is 3.48. The van der Waals surface area contributed by atoms with Crippen LogP contribution in [0.3, 0.4) is 0 Å². The molecule has 3 nitrogen and oxygen atoms in total. The average molecular weight is 368 g/mol. The van der Waals surface area contributed by atoms with Crippen molar-refractivity contribution in [2.45, 2.75) is 30.5 Å². The van der Waals surface area contributed by atoms with Gasteiger partial charge in [-0.15, -0.1) is 0 Å². The Balaban J connectivity index is 2.40. The Bertz CT molecular complexity index is 755. The number of hydrogen-bond acceptors (Lipinski definition) is 2. The van der Waals surface area contributed by atoms with E-state index < -0.39 is 10.0 Å². The van der Waals surface area contributed by atoms with Crippen LogP contribution in [0.2, 0.25) is 0 Å². The molecule has 0 spiro atoms. The fourth-order valence-electron chi connectivity index (χ4n) is 2.02. The fourth-order valence-corrected chi connectivity index (χ4v) is 3.59. The van der Waals surface area contributed by atoms with Crippen molar-refractivity contribution in [2.24, 2.45) is 0 Å². The summed E-state index contributed by atoms with van der Waals surface area (Å²) in [7, 11) is -3.58. The summed E-state index contributed by atoms with van der Waals surface area (Å²) in [5.41, 5.74) is 3.54. The topological polar surface area (TPSA) is 46.2 Å². The van der Waals surface area contributed by atoms with E-state index in [9.17, 15) is 8.42 Å². The highest BCUT2D eigenvalue weighted by molar-refractivity contribution is 9.09. The molecule has 0 saturated heterocycles. The van der Waals surface area contributed by atoms with Crippen LogP contribution in [0.25, 0.3) is 0 Å². The number of rotatable bonds is 4. The van der Waals surface area contributed by atoms with Crippen molar-refractivity contribution in [2.75, 3.05) is 4.72 Å². The predicted octanol–water partition coefficient (Wildman–Crippen LogP) is 4.56. The van der Waals surface area contributed by atoms with Gasteiger partial charge in [0.1, 0.15) is 0 Å².